The maximum atomic E-state index is 13.4. The van der Waals surface area contributed by atoms with Gasteiger partial charge in [-0.1, -0.05) is 25.3 Å². The Balaban J connectivity index is 1.48. The molecule has 1 heterocycles. The Morgan fingerprint density at radius 2 is 1.93 bits per heavy atom. The van der Waals surface area contributed by atoms with Crippen molar-refractivity contribution in [1.82, 2.24) is 10.0 Å². The fourth-order valence-electron chi connectivity index (χ4n) is 4.25. The van der Waals surface area contributed by atoms with E-state index < -0.39 is 28.0 Å². The zero-order valence-electron chi connectivity index (χ0n) is 17.1. The summed E-state index contributed by atoms with van der Waals surface area (Å²) in [5.41, 5.74) is 0. The molecule has 30 heavy (non-hydrogen) atoms. The van der Waals surface area contributed by atoms with Gasteiger partial charge < -0.3 is 15.2 Å². The summed E-state index contributed by atoms with van der Waals surface area (Å²) in [4.78, 5) is 12.1. The number of hydrogen-bond donors (Lipinski definition) is 3. The Labute approximate surface area is 177 Å². The van der Waals surface area contributed by atoms with Crippen LogP contribution in [-0.2, 0) is 19.6 Å². The van der Waals surface area contributed by atoms with Gasteiger partial charge in [0.2, 0.25) is 15.9 Å². The highest BCUT2D eigenvalue weighted by molar-refractivity contribution is 7.89. The van der Waals surface area contributed by atoms with E-state index in [1.54, 1.807) is 0 Å². The number of benzene rings is 1. The molecule has 0 aromatic heterocycles. The van der Waals surface area contributed by atoms with Crippen LogP contribution in [-0.4, -0.2) is 50.8 Å². The first kappa shape index (κ1) is 23.1. The van der Waals surface area contributed by atoms with Gasteiger partial charge >= 0.3 is 0 Å². The van der Waals surface area contributed by atoms with E-state index in [1.807, 2.05) is 0 Å². The second-order valence-electron chi connectivity index (χ2n) is 8.16. The van der Waals surface area contributed by atoms with Gasteiger partial charge in [0.15, 0.2) is 0 Å². The van der Waals surface area contributed by atoms with Gasteiger partial charge in [0.25, 0.3) is 0 Å². The molecule has 3 rings (SSSR count). The quantitative estimate of drug-likeness (QED) is 0.572. The Morgan fingerprint density at radius 1 is 1.17 bits per heavy atom. The van der Waals surface area contributed by atoms with Crippen molar-refractivity contribution in [3.63, 3.8) is 0 Å². The monoisotopic (exact) mass is 442 g/mol. The minimum atomic E-state index is -3.92. The van der Waals surface area contributed by atoms with Gasteiger partial charge in [0, 0.05) is 12.5 Å². The molecule has 3 N–H and O–H groups in total. The zero-order valence-corrected chi connectivity index (χ0v) is 17.9. The Bertz CT molecular complexity index is 813. The van der Waals surface area contributed by atoms with Gasteiger partial charge in [-0.15, -0.1) is 0 Å². The molecule has 1 aliphatic carbocycles. The molecule has 1 amide bonds. The van der Waals surface area contributed by atoms with Crippen LogP contribution in [0.15, 0.2) is 29.2 Å². The molecule has 0 radical (unpaired) electrons. The lowest BCUT2D eigenvalue weighted by atomic mass is 9.88. The number of ether oxygens (including phenoxy) is 1. The van der Waals surface area contributed by atoms with Crippen molar-refractivity contribution in [3.8, 4) is 0 Å². The molecular weight excluding hydrogens is 411 g/mol. The van der Waals surface area contributed by atoms with Crippen LogP contribution in [0.4, 0.5) is 4.39 Å². The number of hydrogen-bond acceptors (Lipinski definition) is 5. The highest BCUT2D eigenvalue weighted by atomic mass is 32.2. The van der Waals surface area contributed by atoms with Crippen LogP contribution < -0.4 is 10.0 Å². The lowest BCUT2D eigenvalue weighted by Crippen LogP contribution is -2.51. The van der Waals surface area contributed by atoms with E-state index in [9.17, 15) is 22.7 Å². The number of amides is 1. The normalized spacial score (nSPS) is 25.7. The summed E-state index contributed by atoms with van der Waals surface area (Å²) in [6, 6.07) is 4.19. The number of halogens is 1. The van der Waals surface area contributed by atoms with Gasteiger partial charge in [-0.2, -0.15) is 0 Å². The van der Waals surface area contributed by atoms with Crippen molar-refractivity contribution >= 4 is 15.9 Å². The van der Waals surface area contributed by atoms with Crippen molar-refractivity contribution < 1.29 is 27.4 Å². The second kappa shape index (κ2) is 10.7. The third kappa shape index (κ3) is 6.23. The van der Waals surface area contributed by atoms with Gasteiger partial charge in [-0.05, 0) is 50.3 Å². The number of carbonyl (C=O) groups excluding carboxylic acids is 1. The fourth-order valence-corrected chi connectivity index (χ4v) is 5.58. The Morgan fingerprint density at radius 3 is 2.63 bits per heavy atom. The molecule has 7 nitrogen and oxygen atoms in total. The van der Waals surface area contributed by atoms with Gasteiger partial charge in [0.1, 0.15) is 5.82 Å². The largest absolute Gasteiger partial charge is 0.394 e. The van der Waals surface area contributed by atoms with Gasteiger partial charge in [-0.3, -0.25) is 4.79 Å². The predicted molar refractivity (Wildman–Crippen MR) is 110 cm³/mol. The van der Waals surface area contributed by atoms with E-state index in [1.165, 1.54) is 24.6 Å². The third-order valence-corrected chi connectivity index (χ3v) is 7.44. The predicted octanol–water partition coefficient (Wildman–Crippen LogP) is 2.10. The molecule has 168 valence electrons. The molecular formula is C21H31FN2O5S. The van der Waals surface area contributed by atoms with E-state index in [-0.39, 0.29) is 29.4 Å². The summed E-state index contributed by atoms with van der Waals surface area (Å²) in [5.74, 6) is -0.422. The smallest absolute Gasteiger partial charge is 0.241 e. The SMILES string of the molecule is O=C(NCC[C@@H]1CC[C@@H](NS(=O)(=O)c2cccc(F)c2)[C@@H](CO)O1)C1CCCCC1. The van der Waals surface area contributed by atoms with Crippen molar-refractivity contribution in [2.45, 2.75) is 74.5 Å². The lowest BCUT2D eigenvalue weighted by Gasteiger charge is -2.36. The highest BCUT2D eigenvalue weighted by Crippen LogP contribution is 2.25. The van der Waals surface area contributed by atoms with Gasteiger partial charge in [0.05, 0.1) is 29.8 Å². The van der Waals surface area contributed by atoms with Crippen LogP contribution in [0.2, 0.25) is 0 Å². The molecule has 0 bridgehead atoms. The van der Waals surface area contributed by atoms with Crippen LogP contribution in [0, 0.1) is 11.7 Å². The fraction of sp³-hybridized carbons (Fsp3) is 0.667. The van der Waals surface area contributed by atoms with Crippen LogP contribution in [0.3, 0.4) is 0 Å². The van der Waals surface area contributed by atoms with E-state index in [0.29, 0.717) is 25.8 Å². The number of nitrogens with one attached hydrogen (secondary N) is 2. The maximum Gasteiger partial charge on any atom is 0.241 e. The summed E-state index contributed by atoms with van der Waals surface area (Å²) < 4.78 is 46.8. The summed E-state index contributed by atoms with van der Waals surface area (Å²) >= 11 is 0. The van der Waals surface area contributed by atoms with Crippen molar-refractivity contribution in [2.75, 3.05) is 13.2 Å². The first-order valence-corrected chi connectivity index (χ1v) is 12.2. The molecule has 1 aromatic rings. The molecule has 0 unspecified atom stereocenters. The highest BCUT2D eigenvalue weighted by Gasteiger charge is 2.34. The minimum absolute atomic E-state index is 0.102. The van der Waals surface area contributed by atoms with Gasteiger partial charge in [-0.25, -0.2) is 17.5 Å². The third-order valence-electron chi connectivity index (χ3n) is 5.95. The number of sulfonamides is 1. The number of aliphatic hydroxyl groups is 1. The molecule has 0 spiro atoms. The molecule has 1 aliphatic heterocycles. The topological polar surface area (TPSA) is 105 Å². The Hall–Kier alpha value is -1.55. The van der Waals surface area contributed by atoms with Crippen LogP contribution in [0.5, 0.6) is 0 Å². The van der Waals surface area contributed by atoms with Crippen LogP contribution in [0.1, 0.15) is 51.4 Å². The molecule has 9 heteroatoms. The van der Waals surface area contributed by atoms with Crippen molar-refractivity contribution in [2.24, 2.45) is 5.92 Å². The lowest BCUT2D eigenvalue weighted by molar-refractivity contribution is -0.126. The standard InChI is InChI=1S/C21H31FN2O5S/c22-16-7-4-8-18(13-16)30(27,28)24-19-10-9-17(29-20(19)14-25)11-12-23-21(26)15-5-2-1-3-6-15/h4,7-8,13,15,17,19-20,24-25H,1-3,5-6,9-12,14H2,(H,23,26)/t17-,19+,20+/m0/s1. The van der Waals surface area contributed by atoms with Crippen molar-refractivity contribution in [3.05, 3.63) is 30.1 Å². The molecule has 1 aromatic carbocycles. The van der Waals surface area contributed by atoms with Crippen LogP contribution in [0.25, 0.3) is 0 Å². The molecule has 2 aliphatic rings. The maximum absolute atomic E-state index is 13.4. The molecule has 3 atom stereocenters. The molecule has 1 saturated heterocycles. The summed E-state index contributed by atoms with van der Waals surface area (Å²) in [5, 5.41) is 12.7. The summed E-state index contributed by atoms with van der Waals surface area (Å²) in [6.07, 6.45) is 6.16. The first-order chi connectivity index (χ1) is 14.4. The van der Waals surface area contributed by atoms with E-state index in [2.05, 4.69) is 10.0 Å². The van der Waals surface area contributed by atoms with E-state index in [4.69, 9.17) is 4.74 Å². The average molecular weight is 443 g/mol. The Kier molecular flexibility index (Phi) is 8.21. The summed E-state index contributed by atoms with van der Waals surface area (Å²) in [7, 11) is -3.92. The number of rotatable bonds is 8. The van der Waals surface area contributed by atoms with E-state index in [0.717, 1.165) is 31.7 Å². The zero-order chi connectivity index (χ0) is 21.6. The minimum Gasteiger partial charge on any atom is -0.394 e. The number of carbonyl (C=O) groups is 1. The van der Waals surface area contributed by atoms with E-state index >= 15 is 0 Å². The number of aliphatic hydroxyl groups excluding tert-OH is 1. The van der Waals surface area contributed by atoms with Crippen LogP contribution >= 0.6 is 0 Å². The first-order valence-electron chi connectivity index (χ1n) is 10.7. The average Bonchev–Trinajstić information content (AvgIpc) is 2.75. The molecule has 2 fully saturated rings. The second-order valence-corrected chi connectivity index (χ2v) is 9.87. The molecule has 1 saturated carbocycles. The van der Waals surface area contributed by atoms with Crippen molar-refractivity contribution in [1.29, 1.82) is 0 Å². The summed E-state index contributed by atoms with van der Waals surface area (Å²) in [6.45, 7) is 0.166.